The molecule has 0 unspecified atom stereocenters. The Kier molecular flexibility index (Phi) is 7.61. The summed E-state index contributed by atoms with van der Waals surface area (Å²) in [5.74, 6) is 2.70. The number of hydrogen-bond acceptors (Lipinski definition) is 5. The van der Waals surface area contributed by atoms with Gasteiger partial charge in [-0.25, -0.2) is 4.98 Å². The first kappa shape index (κ1) is 23.4. The van der Waals surface area contributed by atoms with E-state index in [1.54, 1.807) is 11.3 Å². The summed E-state index contributed by atoms with van der Waals surface area (Å²) in [7, 11) is 0. The lowest BCUT2D eigenvalue weighted by molar-refractivity contribution is 0.174. The molecule has 35 heavy (non-hydrogen) atoms. The molecule has 0 N–H and O–H groups in total. The molecule has 2 aromatic carbocycles. The maximum absolute atomic E-state index is 5.62. The molecule has 0 aliphatic carbocycles. The molecule has 2 aromatic heterocycles. The fraction of sp³-hybridized carbons (Fsp3) is 0.276. The summed E-state index contributed by atoms with van der Waals surface area (Å²) in [4.78, 5) is 7.30. The maximum atomic E-state index is 5.62. The summed E-state index contributed by atoms with van der Waals surface area (Å²) >= 11 is 1.72. The van der Waals surface area contributed by atoms with Gasteiger partial charge in [0.1, 0.15) is 5.82 Å². The van der Waals surface area contributed by atoms with Gasteiger partial charge in [0.05, 0.1) is 11.9 Å². The predicted octanol–water partition coefficient (Wildman–Crippen LogP) is 6.86. The van der Waals surface area contributed by atoms with E-state index < -0.39 is 0 Å². The van der Waals surface area contributed by atoms with E-state index in [2.05, 4.69) is 87.8 Å². The molecule has 180 valence electrons. The summed E-state index contributed by atoms with van der Waals surface area (Å²) in [6, 6.07) is 18.9. The highest BCUT2D eigenvalue weighted by Crippen LogP contribution is 2.33. The zero-order chi connectivity index (χ0) is 23.9. The zero-order valence-electron chi connectivity index (χ0n) is 20.1. The van der Waals surface area contributed by atoms with Crippen LogP contribution in [0.1, 0.15) is 36.6 Å². The minimum Gasteiger partial charge on any atom is -0.454 e. The zero-order valence-corrected chi connectivity index (χ0v) is 20.9. The Morgan fingerprint density at radius 2 is 1.94 bits per heavy atom. The summed E-state index contributed by atoms with van der Waals surface area (Å²) in [5.41, 5.74) is 4.86. The van der Waals surface area contributed by atoms with E-state index in [1.165, 1.54) is 16.8 Å². The molecule has 0 saturated carbocycles. The monoisotopic (exact) mass is 485 g/mol. The first-order chi connectivity index (χ1) is 17.3. The Bertz CT molecular complexity index is 1250. The highest BCUT2D eigenvalue weighted by atomic mass is 32.1. The van der Waals surface area contributed by atoms with Crippen LogP contribution in [0, 0.1) is 0 Å². The van der Waals surface area contributed by atoms with Crippen LogP contribution in [0.4, 0.5) is 0 Å². The van der Waals surface area contributed by atoms with Crippen LogP contribution < -0.4 is 9.47 Å². The molecule has 4 aromatic rings. The fourth-order valence-electron chi connectivity index (χ4n) is 4.34. The van der Waals surface area contributed by atoms with Crippen molar-refractivity contribution in [1.29, 1.82) is 0 Å². The summed E-state index contributed by atoms with van der Waals surface area (Å²) in [5, 5.41) is 4.28. The average molecular weight is 486 g/mol. The van der Waals surface area contributed by atoms with Gasteiger partial charge >= 0.3 is 0 Å². The second kappa shape index (κ2) is 11.4. The molecule has 0 atom stereocenters. The number of benzene rings is 2. The van der Waals surface area contributed by atoms with Crippen LogP contribution in [-0.2, 0) is 19.6 Å². The number of aromatic nitrogens is 2. The van der Waals surface area contributed by atoms with Gasteiger partial charge in [-0.2, -0.15) is 11.3 Å². The molecule has 5 rings (SSSR count). The average Bonchev–Trinajstić information content (AvgIpc) is 3.64. The largest absolute Gasteiger partial charge is 0.454 e. The number of nitrogens with zero attached hydrogens (tertiary/aromatic N) is 3. The van der Waals surface area contributed by atoms with E-state index >= 15 is 0 Å². The van der Waals surface area contributed by atoms with Crippen LogP contribution in [0.15, 0.2) is 77.6 Å². The molecule has 1 aliphatic heterocycles. The lowest BCUT2D eigenvalue weighted by Crippen LogP contribution is -2.24. The van der Waals surface area contributed by atoms with Gasteiger partial charge in [-0.3, -0.25) is 4.90 Å². The molecule has 3 heterocycles. The van der Waals surface area contributed by atoms with E-state index in [4.69, 9.17) is 14.5 Å². The first-order valence-electron chi connectivity index (χ1n) is 12.2. The van der Waals surface area contributed by atoms with Crippen molar-refractivity contribution in [2.45, 2.75) is 39.4 Å². The predicted molar refractivity (Wildman–Crippen MR) is 143 cm³/mol. The van der Waals surface area contributed by atoms with Gasteiger partial charge in [0.15, 0.2) is 11.5 Å². The van der Waals surface area contributed by atoms with E-state index in [0.717, 1.165) is 61.9 Å². The second-order valence-corrected chi connectivity index (χ2v) is 9.54. The summed E-state index contributed by atoms with van der Waals surface area (Å²) in [6.45, 7) is 5.96. The van der Waals surface area contributed by atoms with Crippen LogP contribution in [0.25, 0.3) is 17.5 Å². The first-order valence-corrected chi connectivity index (χ1v) is 13.1. The fourth-order valence-corrected chi connectivity index (χ4v) is 4.97. The smallest absolute Gasteiger partial charge is 0.231 e. The van der Waals surface area contributed by atoms with Gasteiger partial charge < -0.3 is 14.0 Å². The van der Waals surface area contributed by atoms with Gasteiger partial charge in [0.25, 0.3) is 0 Å². The lowest BCUT2D eigenvalue weighted by atomic mass is 10.1. The van der Waals surface area contributed by atoms with Crippen molar-refractivity contribution in [2.75, 3.05) is 13.3 Å². The van der Waals surface area contributed by atoms with Gasteiger partial charge in [-0.05, 0) is 46.5 Å². The number of ether oxygens (including phenoxy) is 2. The molecule has 5 nitrogen and oxygen atoms in total. The Hall–Kier alpha value is -3.35. The number of thiophene rings is 1. The normalized spacial score (nSPS) is 12.7. The minimum absolute atomic E-state index is 0.296. The number of rotatable bonds is 11. The second-order valence-electron chi connectivity index (χ2n) is 8.76. The maximum Gasteiger partial charge on any atom is 0.231 e. The highest BCUT2D eigenvalue weighted by molar-refractivity contribution is 7.08. The van der Waals surface area contributed by atoms with Crippen molar-refractivity contribution in [3.8, 4) is 22.9 Å². The molecule has 0 bridgehead atoms. The van der Waals surface area contributed by atoms with Crippen LogP contribution in [0.2, 0.25) is 0 Å². The highest BCUT2D eigenvalue weighted by Gasteiger charge is 2.17. The Labute approximate surface area is 211 Å². The van der Waals surface area contributed by atoms with Crippen LogP contribution >= 0.6 is 11.3 Å². The van der Waals surface area contributed by atoms with Crippen molar-refractivity contribution in [3.63, 3.8) is 0 Å². The van der Waals surface area contributed by atoms with Gasteiger partial charge in [0, 0.05) is 31.7 Å². The van der Waals surface area contributed by atoms with Gasteiger partial charge in [-0.15, -0.1) is 0 Å². The Morgan fingerprint density at radius 3 is 2.77 bits per heavy atom. The third kappa shape index (κ3) is 5.84. The van der Waals surface area contributed by atoms with Crippen molar-refractivity contribution in [3.05, 3.63) is 94.5 Å². The number of fused-ring (bicyclic) bond motifs is 1. The standard InChI is InChI=1S/C29H31N3O2S/c1-2-3-15-32-26(18-30-29(32)25-9-5-4-6-10-25)20-31(14-7-8-23-13-16-35-21-23)19-24-11-12-27-28(17-24)34-22-33-27/h4-13,16-18,21H,2-3,14-15,19-20,22H2,1H3/b8-7-. The Balaban J connectivity index is 1.40. The van der Waals surface area contributed by atoms with Crippen LogP contribution in [0.5, 0.6) is 11.5 Å². The summed E-state index contributed by atoms with van der Waals surface area (Å²) < 4.78 is 13.5. The van der Waals surface area contributed by atoms with Crippen molar-refractivity contribution < 1.29 is 9.47 Å². The number of hydrogen-bond donors (Lipinski definition) is 0. The van der Waals surface area contributed by atoms with Gasteiger partial charge in [-0.1, -0.05) is 61.9 Å². The quantitative estimate of drug-likeness (QED) is 0.233. The Morgan fingerprint density at radius 1 is 1.06 bits per heavy atom. The SMILES string of the molecule is CCCCn1c(CN(C/C=C\c2ccsc2)Cc2ccc3c(c2)OCO3)cnc1-c1ccccc1. The topological polar surface area (TPSA) is 39.5 Å². The van der Waals surface area contributed by atoms with Crippen LogP contribution in [-0.4, -0.2) is 27.8 Å². The van der Waals surface area contributed by atoms with Crippen molar-refractivity contribution >= 4 is 17.4 Å². The molecule has 1 aliphatic rings. The third-order valence-corrected chi connectivity index (χ3v) is 6.85. The van der Waals surface area contributed by atoms with Crippen molar-refractivity contribution in [2.24, 2.45) is 0 Å². The van der Waals surface area contributed by atoms with Crippen LogP contribution in [0.3, 0.4) is 0 Å². The van der Waals surface area contributed by atoms with E-state index in [9.17, 15) is 0 Å². The molecule has 0 fully saturated rings. The molecular weight excluding hydrogens is 454 g/mol. The summed E-state index contributed by atoms with van der Waals surface area (Å²) in [6.07, 6.45) is 8.78. The molecule has 0 radical (unpaired) electrons. The molecule has 0 amide bonds. The van der Waals surface area contributed by atoms with E-state index in [-0.39, 0.29) is 0 Å². The van der Waals surface area contributed by atoms with E-state index in [1.807, 2.05) is 12.3 Å². The third-order valence-electron chi connectivity index (χ3n) is 6.15. The molecule has 6 heteroatoms. The number of unbranched alkanes of at least 4 members (excludes halogenated alkanes) is 1. The van der Waals surface area contributed by atoms with Crippen molar-refractivity contribution in [1.82, 2.24) is 14.5 Å². The molecular formula is C29H31N3O2S. The van der Waals surface area contributed by atoms with Gasteiger partial charge in [0.2, 0.25) is 6.79 Å². The lowest BCUT2D eigenvalue weighted by Gasteiger charge is -2.22. The number of imidazole rings is 1. The molecule has 0 spiro atoms. The van der Waals surface area contributed by atoms with E-state index in [0.29, 0.717) is 6.79 Å². The molecule has 0 saturated heterocycles. The minimum atomic E-state index is 0.296.